The van der Waals surface area contributed by atoms with Gasteiger partial charge in [-0.3, -0.25) is 4.79 Å². The minimum atomic E-state index is -0.846. The van der Waals surface area contributed by atoms with Gasteiger partial charge >= 0.3 is 0 Å². The Bertz CT molecular complexity index is 476. The zero-order valence-corrected chi connectivity index (χ0v) is 11.4. The van der Waals surface area contributed by atoms with E-state index in [0.717, 1.165) is 13.1 Å². The fourth-order valence-corrected chi connectivity index (χ4v) is 2.29. The molecule has 0 radical (unpaired) electrons. The summed E-state index contributed by atoms with van der Waals surface area (Å²) >= 11 is 5.60. The van der Waals surface area contributed by atoms with Crippen LogP contribution in [0.2, 0.25) is 5.02 Å². The van der Waals surface area contributed by atoms with Gasteiger partial charge in [0.05, 0.1) is 5.02 Å². The largest absolute Gasteiger partial charge is 0.368 e. The number of piperidine rings is 1. The van der Waals surface area contributed by atoms with Crippen LogP contribution in [0.5, 0.6) is 0 Å². The molecule has 0 unspecified atom stereocenters. The number of carbonyl (C=O) groups is 1. The molecule has 1 amide bonds. The molecule has 19 heavy (non-hydrogen) atoms. The maximum absolute atomic E-state index is 13.3. The number of amides is 1. The zero-order chi connectivity index (χ0) is 13.9. The van der Waals surface area contributed by atoms with Crippen LogP contribution in [0.1, 0.15) is 12.8 Å². The Morgan fingerprint density at radius 1 is 1.47 bits per heavy atom. The molecule has 1 aromatic carbocycles. The highest BCUT2D eigenvalue weighted by molar-refractivity contribution is 6.30. The van der Waals surface area contributed by atoms with Crippen molar-refractivity contribution in [3.63, 3.8) is 0 Å². The van der Waals surface area contributed by atoms with E-state index in [1.165, 1.54) is 19.2 Å². The van der Waals surface area contributed by atoms with Crippen LogP contribution in [0.3, 0.4) is 0 Å². The van der Waals surface area contributed by atoms with Crippen LogP contribution in [-0.2, 0) is 9.53 Å². The Balaban J connectivity index is 2.12. The van der Waals surface area contributed by atoms with Crippen LogP contribution in [0.25, 0.3) is 0 Å². The van der Waals surface area contributed by atoms with Crippen molar-refractivity contribution in [2.75, 3.05) is 25.5 Å². The van der Waals surface area contributed by atoms with Gasteiger partial charge in [-0.15, -0.1) is 0 Å². The third-order valence-corrected chi connectivity index (χ3v) is 3.70. The Hall–Kier alpha value is -1.17. The highest BCUT2D eigenvalue weighted by atomic mass is 35.5. The predicted molar refractivity (Wildman–Crippen MR) is 71.9 cm³/mol. The number of nitrogens with one attached hydrogen (secondary N) is 2. The second-order valence-electron chi connectivity index (χ2n) is 4.53. The molecule has 1 saturated heterocycles. The molecule has 104 valence electrons. The van der Waals surface area contributed by atoms with Crippen LogP contribution in [0, 0.1) is 5.82 Å². The molecule has 1 aliphatic heterocycles. The lowest BCUT2D eigenvalue weighted by molar-refractivity contribution is -0.140. The highest BCUT2D eigenvalue weighted by Gasteiger charge is 2.39. The van der Waals surface area contributed by atoms with Gasteiger partial charge in [-0.25, -0.2) is 4.39 Å². The summed E-state index contributed by atoms with van der Waals surface area (Å²) in [5.41, 5.74) is -0.469. The van der Waals surface area contributed by atoms with Crippen molar-refractivity contribution in [1.82, 2.24) is 5.32 Å². The molecule has 2 rings (SSSR count). The Kier molecular flexibility index (Phi) is 4.39. The van der Waals surface area contributed by atoms with Gasteiger partial charge in [0, 0.05) is 12.8 Å². The molecule has 1 aromatic rings. The van der Waals surface area contributed by atoms with Crippen LogP contribution in [0.4, 0.5) is 10.1 Å². The molecule has 0 atom stereocenters. The van der Waals surface area contributed by atoms with Crippen molar-refractivity contribution in [2.24, 2.45) is 0 Å². The van der Waals surface area contributed by atoms with Gasteiger partial charge in [-0.1, -0.05) is 11.6 Å². The van der Waals surface area contributed by atoms with Crippen LogP contribution in [-0.4, -0.2) is 31.7 Å². The van der Waals surface area contributed by atoms with E-state index in [0.29, 0.717) is 18.5 Å². The fourth-order valence-electron chi connectivity index (χ4n) is 2.17. The molecular weight excluding hydrogens is 271 g/mol. The molecule has 1 fully saturated rings. The lowest BCUT2D eigenvalue weighted by atomic mass is 9.91. The number of hydrogen-bond acceptors (Lipinski definition) is 3. The monoisotopic (exact) mass is 286 g/mol. The highest BCUT2D eigenvalue weighted by Crippen LogP contribution is 2.25. The van der Waals surface area contributed by atoms with E-state index in [9.17, 15) is 9.18 Å². The quantitative estimate of drug-likeness (QED) is 0.895. The number of halogens is 2. The molecule has 0 aromatic heterocycles. The molecule has 0 spiro atoms. The van der Waals surface area contributed by atoms with Crippen LogP contribution in [0.15, 0.2) is 18.2 Å². The third kappa shape index (κ3) is 3.05. The van der Waals surface area contributed by atoms with Crippen LogP contribution < -0.4 is 10.6 Å². The number of carbonyl (C=O) groups excluding carboxylic acids is 1. The number of methoxy groups -OCH3 is 1. The number of anilines is 1. The molecular formula is C13H16ClFN2O2. The summed E-state index contributed by atoms with van der Waals surface area (Å²) in [6.07, 6.45) is 1.18. The van der Waals surface area contributed by atoms with Crippen molar-refractivity contribution in [3.05, 3.63) is 29.0 Å². The van der Waals surface area contributed by atoms with Gasteiger partial charge < -0.3 is 15.4 Å². The van der Waals surface area contributed by atoms with Gasteiger partial charge in [0.25, 0.3) is 5.91 Å². The fraction of sp³-hybridized carbons (Fsp3) is 0.462. The summed E-state index contributed by atoms with van der Waals surface area (Å²) in [6.45, 7) is 1.44. The lowest BCUT2D eigenvalue weighted by Gasteiger charge is -2.34. The van der Waals surface area contributed by atoms with E-state index in [1.807, 2.05) is 0 Å². The molecule has 4 nitrogen and oxygen atoms in total. The topological polar surface area (TPSA) is 50.4 Å². The minimum Gasteiger partial charge on any atom is -0.368 e. The number of hydrogen-bond donors (Lipinski definition) is 2. The summed E-state index contributed by atoms with van der Waals surface area (Å²) in [7, 11) is 1.52. The van der Waals surface area contributed by atoms with E-state index in [1.54, 1.807) is 6.07 Å². The van der Waals surface area contributed by atoms with Gasteiger partial charge in [-0.2, -0.15) is 0 Å². The van der Waals surface area contributed by atoms with Crippen molar-refractivity contribution in [3.8, 4) is 0 Å². The smallest absolute Gasteiger partial charge is 0.256 e. The summed E-state index contributed by atoms with van der Waals surface area (Å²) in [6, 6.07) is 4.17. The summed E-state index contributed by atoms with van der Waals surface area (Å²) in [4.78, 5) is 12.3. The average molecular weight is 287 g/mol. The SMILES string of the molecule is COC1(C(=O)Nc2ccc(Cl)c(F)c2)CCNCC1. The van der Waals surface area contributed by atoms with Gasteiger partial charge in [0.15, 0.2) is 0 Å². The molecule has 2 N–H and O–H groups in total. The standard InChI is InChI=1S/C13H16ClFN2O2/c1-19-13(4-6-16-7-5-13)12(18)17-9-2-3-10(14)11(15)8-9/h2-3,8,16H,4-7H2,1H3,(H,17,18). The maximum Gasteiger partial charge on any atom is 0.256 e. The predicted octanol–water partition coefficient (Wildman–Crippen LogP) is 2.19. The summed E-state index contributed by atoms with van der Waals surface area (Å²) in [5.74, 6) is -0.811. The van der Waals surface area contributed by atoms with Crippen molar-refractivity contribution >= 4 is 23.2 Å². The summed E-state index contributed by atoms with van der Waals surface area (Å²) in [5, 5.41) is 5.88. The first-order valence-corrected chi connectivity index (χ1v) is 6.47. The van der Waals surface area contributed by atoms with E-state index in [2.05, 4.69) is 10.6 Å². The van der Waals surface area contributed by atoms with E-state index >= 15 is 0 Å². The molecule has 0 bridgehead atoms. The van der Waals surface area contributed by atoms with Gasteiger partial charge in [0.1, 0.15) is 11.4 Å². The van der Waals surface area contributed by atoms with Crippen molar-refractivity contribution in [2.45, 2.75) is 18.4 Å². The van der Waals surface area contributed by atoms with Crippen molar-refractivity contribution < 1.29 is 13.9 Å². The van der Waals surface area contributed by atoms with E-state index < -0.39 is 11.4 Å². The number of benzene rings is 1. The maximum atomic E-state index is 13.3. The molecule has 0 aliphatic carbocycles. The second kappa shape index (κ2) is 5.86. The molecule has 0 saturated carbocycles. The van der Waals surface area contributed by atoms with E-state index in [-0.39, 0.29) is 10.9 Å². The molecule has 1 aliphatic rings. The lowest BCUT2D eigenvalue weighted by Crippen LogP contribution is -2.51. The molecule has 6 heteroatoms. The number of ether oxygens (including phenoxy) is 1. The summed E-state index contributed by atoms with van der Waals surface area (Å²) < 4.78 is 18.7. The average Bonchev–Trinajstić information content (AvgIpc) is 2.43. The normalized spacial score (nSPS) is 18.1. The van der Waals surface area contributed by atoms with Crippen molar-refractivity contribution in [1.29, 1.82) is 0 Å². The Morgan fingerprint density at radius 3 is 2.74 bits per heavy atom. The number of rotatable bonds is 3. The Morgan fingerprint density at radius 2 is 2.16 bits per heavy atom. The van der Waals surface area contributed by atoms with Crippen LogP contribution >= 0.6 is 11.6 Å². The third-order valence-electron chi connectivity index (χ3n) is 3.39. The second-order valence-corrected chi connectivity index (χ2v) is 4.94. The molecule has 1 heterocycles. The first kappa shape index (κ1) is 14.2. The Labute approximate surface area is 116 Å². The van der Waals surface area contributed by atoms with Gasteiger partial charge in [-0.05, 0) is 44.1 Å². The zero-order valence-electron chi connectivity index (χ0n) is 10.6. The van der Waals surface area contributed by atoms with Gasteiger partial charge in [0.2, 0.25) is 0 Å². The first-order chi connectivity index (χ1) is 9.07. The van der Waals surface area contributed by atoms with E-state index in [4.69, 9.17) is 16.3 Å². The first-order valence-electron chi connectivity index (χ1n) is 6.10. The minimum absolute atomic E-state index is 0.0290.